The van der Waals surface area contributed by atoms with Crippen molar-refractivity contribution < 1.29 is 28.9 Å². The van der Waals surface area contributed by atoms with Gasteiger partial charge in [-0.3, -0.25) is 9.59 Å². The van der Waals surface area contributed by atoms with Crippen molar-refractivity contribution in [1.29, 1.82) is 0 Å². The second-order valence-corrected chi connectivity index (χ2v) is 8.39. The highest BCUT2D eigenvalue weighted by Crippen LogP contribution is 2.42. The van der Waals surface area contributed by atoms with Crippen LogP contribution in [-0.4, -0.2) is 74.1 Å². The van der Waals surface area contributed by atoms with E-state index in [1.165, 1.54) is 32.3 Å². The molecule has 1 atom stereocenters. The first-order chi connectivity index (χ1) is 16.8. The zero-order chi connectivity index (χ0) is 25.7. The van der Waals surface area contributed by atoms with Gasteiger partial charge in [0.1, 0.15) is 11.5 Å². The lowest BCUT2D eigenvalue weighted by Crippen LogP contribution is -2.38. The summed E-state index contributed by atoms with van der Waals surface area (Å²) in [6, 6.07) is 9.07. The highest BCUT2D eigenvalue weighted by Gasteiger charge is 2.46. The van der Waals surface area contributed by atoms with Crippen molar-refractivity contribution in [2.75, 3.05) is 47.5 Å². The van der Waals surface area contributed by atoms with Gasteiger partial charge in [0.25, 0.3) is 11.7 Å². The number of likely N-dealkylation sites (N-methyl/N-ethyl adjacent to an activating group) is 1. The molecular formula is C26H31ClN2O6. The van der Waals surface area contributed by atoms with Gasteiger partial charge in [-0.2, -0.15) is 0 Å². The van der Waals surface area contributed by atoms with E-state index in [0.717, 1.165) is 13.1 Å². The number of benzene rings is 2. The van der Waals surface area contributed by atoms with Crippen molar-refractivity contribution >= 4 is 29.1 Å². The normalized spacial score (nSPS) is 17.2. The maximum absolute atomic E-state index is 13.2. The number of hydrogen-bond acceptors (Lipinski definition) is 7. The SMILES string of the molecule is CCN(CC)CCN1C(=O)C(=O)/C(=C(\O)c2ccc(OC)c(Cl)c2)C1c1ccc(OC)c(OC)c1. The minimum absolute atomic E-state index is 0.0111. The van der Waals surface area contributed by atoms with E-state index in [1.54, 1.807) is 30.3 Å². The van der Waals surface area contributed by atoms with E-state index in [9.17, 15) is 14.7 Å². The lowest BCUT2D eigenvalue weighted by atomic mass is 9.95. The van der Waals surface area contributed by atoms with Crippen molar-refractivity contribution in [3.8, 4) is 17.2 Å². The lowest BCUT2D eigenvalue weighted by Gasteiger charge is -2.28. The summed E-state index contributed by atoms with van der Waals surface area (Å²) in [6.45, 7) is 6.59. The van der Waals surface area contributed by atoms with Crippen LogP contribution in [0, 0.1) is 0 Å². The third-order valence-corrected chi connectivity index (χ3v) is 6.54. The minimum atomic E-state index is -0.814. The van der Waals surface area contributed by atoms with Gasteiger partial charge in [-0.25, -0.2) is 0 Å². The van der Waals surface area contributed by atoms with Crippen molar-refractivity contribution in [1.82, 2.24) is 9.80 Å². The van der Waals surface area contributed by atoms with E-state index >= 15 is 0 Å². The summed E-state index contributed by atoms with van der Waals surface area (Å²) in [5.41, 5.74) is 0.911. The minimum Gasteiger partial charge on any atom is -0.507 e. The van der Waals surface area contributed by atoms with Crippen molar-refractivity contribution in [2.45, 2.75) is 19.9 Å². The lowest BCUT2D eigenvalue weighted by molar-refractivity contribution is -0.140. The van der Waals surface area contributed by atoms with Gasteiger partial charge in [0.05, 0.1) is 38.0 Å². The fourth-order valence-electron chi connectivity index (χ4n) is 4.24. The molecule has 1 N–H and O–H groups in total. The van der Waals surface area contributed by atoms with Crippen molar-refractivity contribution in [3.63, 3.8) is 0 Å². The fourth-order valence-corrected chi connectivity index (χ4v) is 4.50. The number of Topliss-reactive ketones (excluding diaryl/α,β-unsaturated/α-hetero) is 1. The number of rotatable bonds is 10. The van der Waals surface area contributed by atoms with Crippen molar-refractivity contribution in [3.05, 3.63) is 58.1 Å². The molecule has 1 aliphatic heterocycles. The number of ketones is 1. The van der Waals surface area contributed by atoms with Gasteiger partial charge >= 0.3 is 0 Å². The van der Waals surface area contributed by atoms with E-state index in [4.69, 9.17) is 25.8 Å². The molecule has 0 saturated carbocycles. The number of nitrogens with zero attached hydrogens (tertiary/aromatic N) is 2. The van der Waals surface area contributed by atoms with Gasteiger partial charge in [-0.1, -0.05) is 31.5 Å². The summed E-state index contributed by atoms with van der Waals surface area (Å²) in [4.78, 5) is 30.1. The molecule has 1 saturated heterocycles. The number of methoxy groups -OCH3 is 3. The summed E-state index contributed by atoms with van der Waals surface area (Å²) in [6.07, 6.45) is 0. The molecule has 8 nitrogen and oxygen atoms in total. The molecular weight excluding hydrogens is 472 g/mol. The van der Waals surface area contributed by atoms with E-state index in [2.05, 4.69) is 4.90 Å². The monoisotopic (exact) mass is 502 g/mol. The molecule has 0 radical (unpaired) electrons. The standard InChI is InChI=1S/C26H31ClN2O6/c1-6-28(7-2)12-13-29-23(16-8-11-20(34-4)21(15-16)35-5)22(25(31)26(29)32)24(30)17-9-10-19(33-3)18(27)14-17/h8-11,14-15,23,30H,6-7,12-13H2,1-5H3/b24-22-. The molecule has 0 spiro atoms. The maximum Gasteiger partial charge on any atom is 0.295 e. The largest absolute Gasteiger partial charge is 0.507 e. The molecule has 1 unspecified atom stereocenters. The van der Waals surface area contributed by atoms with E-state index < -0.39 is 17.7 Å². The Morgan fingerprint density at radius 3 is 2.17 bits per heavy atom. The number of ether oxygens (including phenoxy) is 3. The van der Waals surface area contributed by atoms with Gasteiger partial charge in [0.2, 0.25) is 0 Å². The molecule has 3 rings (SSSR count). The maximum atomic E-state index is 13.2. The quantitative estimate of drug-likeness (QED) is 0.297. The Labute approximate surface area is 210 Å². The van der Waals surface area contributed by atoms with Gasteiger partial charge in [-0.05, 0) is 49.0 Å². The Kier molecular flexibility index (Phi) is 8.64. The molecule has 1 aliphatic rings. The molecule has 9 heteroatoms. The van der Waals surface area contributed by atoms with Crippen molar-refractivity contribution in [2.24, 2.45) is 0 Å². The van der Waals surface area contributed by atoms with E-state index in [-0.39, 0.29) is 16.4 Å². The predicted octanol–water partition coefficient (Wildman–Crippen LogP) is 4.13. The molecule has 188 valence electrons. The summed E-state index contributed by atoms with van der Waals surface area (Å²) < 4.78 is 16.0. The summed E-state index contributed by atoms with van der Waals surface area (Å²) in [5, 5.41) is 11.5. The Hall–Kier alpha value is -3.23. The van der Waals surface area contributed by atoms with Crippen LogP contribution in [0.3, 0.4) is 0 Å². The highest BCUT2D eigenvalue weighted by molar-refractivity contribution is 6.46. The number of likely N-dealkylation sites (tertiary alicyclic amines) is 1. The van der Waals surface area contributed by atoms with Gasteiger partial charge in [-0.15, -0.1) is 0 Å². The van der Waals surface area contributed by atoms with Crippen LogP contribution < -0.4 is 14.2 Å². The molecule has 35 heavy (non-hydrogen) atoms. The average Bonchev–Trinajstić information content (AvgIpc) is 3.13. The average molecular weight is 503 g/mol. The fraction of sp³-hybridized carbons (Fsp3) is 0.385. The van der Waals surface area contributed by atoms with E-state index in [1.807, 2.05) is 13.8 Å². The second-order valence-electron chi connectivity index (χ2n) is 7.98. The molecule has 1 fully saturated rings. The smallest absolute Gasteiger partial charge is 0.295 e. The van der Waals surface area contributed by atoms with Crippen LogP contribution in [0.15, 0.2) is 42.0 Å². The number of carbonyl (C=O) groups excluding carboxylic acids is 2. The predicted molar refractivity (Wildman–Crippen MR) is 134 cm³/mol. The zero-order valence-electron chi connectivity index (χ0n) is 20.6. The molecule has 0 bridgehead atoms. The number of aliphatic hydroxyl groups excluding tert-OH is 1. The number of amides is 1. The second kappa shape index (κ2) is 11.5. The Bertz CT molecular complexity index is 1130. The first-order valence-corrected chi connectivity index (χ1v) is 11.8. The van der Waals surface area contributed by atoms with Crippen LogP contribution in [0.2, 0.25) is 5.02 Å². The van der Waals surface area contributed by atoms with Crippen LogP contribution in [0.4, 0.5) is 0 Å². The number of hydrogen-bond donors (Lipinski definition) is 1. The molecule has 1 amide bonds. The molecule has 2 aromatic rings. The number of halogens is 1. The van der Waals surface area contributed by atoms with Crippen LogP contribution in [0.1, 0.15) is 31.0 Å². The van der Waals surface area contributed by atoms with Crippen LogP contribution in [0.25, 0.3) is 5.76 Å². The third-order valence-electron chi connectivity index (χ3n) is 6.24. The number of carbonyl (C=O) groups is 2. The van der Waals surface area contributed by atoms with Gasteiger partial charge in [0, 0.05) is 18.7 Å². The first kappa shape index (κ1) is 26.4. The van der Waals surface area contributed by atoms with Crippen LogP contribution in [-0.2, 0) is 9.59 Å². The first-order valence-electron chi connectivity index (χ1n) is 11.4. The van der Waals surface area contributed by atoms with Crippen LogP contribution in [0.5, 0.6) is 17.2 Å². The summed E-state index contributed by atoms with van der Waals surface area (Å²) in [5.74, 6) is -0.339. The molecule has 0 aliphatic carbocycles. The van der Waals surface area contributed by atoms with Gasteiger partial charge < -0.3 is 29.1 Å². The Morgan fingerprint density at radius 1 is 0.971 bits per heavy atom. The highest BCUT2D eigenvalue weighted by atomic mass is 35.5. The van der Waals surface area contributed by atoms with Gasteiger partial charge in [0.15, 0.2) is 11.5 Å². The third kappa shape index (κ3) is 5.23. The summed E-state index contributed by atoms with van der Waals surface area (Å²) >= 11 is 6.26. The van der Waals surface area contributed by atoms with Crippen LogP contribution >= 0.6 is 11.6 Å². The molecule has 2 aromatic carbocycles. The topological polar surface area (TPSA) is 88.5 Å². The Morgan fingerprint density at radius 2 is 1.60 bits per heavy atom. The summed E-state index contributed by atoms with van der Waals surface area (Å²) in [7, 11) is 4.53. The zero-order valence-corrected chi connectivity index (χ0v) is 21.4. The Balaban J connectivity index is 2.17. The molecule has 0 aromatic heterocycles. The van der Waals surface area contributed by atoms with E-state index in [0.29, 0.717) is 41.5 Å². The molecule has 1 heterocycles. The number of aliphatic hydroxyl groups is 1.